The summed E-state index contributed by atoms with van der Waals surface area (Å²) in [5, 5.41) is 5.39. The van der Waals surface area contributed by atoms with Crippen LogP contribution in [0, 0.1) is 5.82 Å². The van der Waals surface area contributed by atoms with Crippen LogP contribution in [-0.2, 0) is 12.7 Å². The monoisotopic (exact) mass is 522 g/mol. The van der Waals surface area contributed by atoms with Gasteiger partial charge in [0.25, 0.3) is 0 Å². The number of halogens is 5. The number of alkyl halides is 3. The van der Waals surface area contributed by atoms with Crippen LogP contribution in [0.3, 0.4) is 0 Å². The van der Waals surface area contributed by atoms with Crippen LogP contribution in [0.5, 0.6) is 0 Å². The minimum atomic E-state index is -4.66. The summed E-state index contributed by atoms with van der Waals surface area (Å²) in [5.41, 5.74) is 0.345. The zero-order valence-corrected chi connectivity index (χ0v) is 19.0. The van der Waals surface area contributed by atoms with E-state index in [4.69, 9.17) is 0 Å². The van der Waals surface area contributed by atoms with E-state index in [2.05, 4.69) is 38.1 Å². The molecule has 0 aliphatic rings. The number of fused-ring (bicyclic) bond motifs is 1. The Hall–Kier alpha value is -3.40. The lowest BCUT2D eigenvalue weighted by atomic mass is 10.2. The van der Waals surface area contributed by atoms with E-state index in [0.29, 0.717) is 40.4 Å². The number of benzene rings is 2. The molecule has 3 rings (SSSR count). The predicted molar refractivity (Wildman–Crippen MR) is 126 cm³/mol. The molecule has 0 atom stereocenters. The van der Waals surface area contributed by atoms with Gasteiger partial charge in [-0.1, -0.05) is 12.6 Å². The largest absolute Gasteiger partial charge is 0.416 e. The Morgan fingerprint density at radius 2 is 1.91 bits per heavy atom. The summed E-state index contributed by atoms with van der Waals surface area (Å²) in [6.45, 7) is 6.27. The lowest BCUT2D eigenvalue weighted by Gasteiger charge is -2.12. The molecule has 0 spiro atoms. The normalized spacial score (nSPS) is 12.4. The summed E-state index contributed by atoms with van der Waals surface area (Å²) in [4.78, 5) is 16.5. The minimum Gasteiger partial charge on any atom is -0.343 e. The predicted octanol–water partition coefficient (Wildman–Crippen LogP) is 7.33. The third-order valence-electron chi connectivity index (χ3n) is 4.55. The van der Waals surface area contributed by atoms with E-state index < -0.39 is 29.3 Å². The Labute approximate surface area is 195 Å². The number of nitrogens with one attached hydrogen (secondary N) is 2. The van der Waals surface area contributed by atoms with Crippen molar-refractivity contribution in [1.29, 1.82) is 0 Å². The first-order valence-corrected chi connectivity index (χ1v) is 10.4. The van der Waals surface area contributed by atoms with E-state index in [9.17, 15) is 22.4 Å². The summed E-state index contributed by atoms with van der Waals surface area (Å²) >= 11 is 3.33. The lowest BCUT2D eigenvalue weighted by Crippen LogP contribution is -2.20. The molecular formula is C23H19BrF4N4O. The van der Waals surface area contributed by atoms with Gasteiger partial charge >= 0.3 is 12.2 Å². The fraction of sp³-hybridized carbons (Fsp3) is 0.130. The Kier molecular flexibility index (Phi) is 7.37. The molecule has 0 radical (unpaired) electrons. The quantitative estimate of drug-likeness (QED) is 0.151. The van der Waals surface area contributed by atoms with Crippen LogP contribution in [0.1, 0.15) is 12.5 Å². The van der Waals surface area contributed by atoms with Crippen LogP contribution in [0.15, 0.2) is 76.5 Å². The van der Waals surface area contributed by atoms with Crippen molar-refractivity contribution in [2.75, 3.05) is 10.6 Å². The molecule has 1 aromatic heterocycles. The Morgan fingerprint density at radius 1 is 1.18 bits per heavy atom. The fourth-order valence-electron chi connectivity index (χ4n) is 3.14. The number of amides is 2. The highest BCUT2D eigenvalue weighted by molar-refractivity contribution is 9.11. The van der Waals surface area contributed by atoms with Crippen molar-refractivity contribution >= 4 is 50.5 Å². The molecule has 0 saturated carbocycles. The number of aromatic nitrogens is 1. The maximum atomic E-state index is 13.9. The molecule has 172 valence electrons. The van der Waals surface area contributed by atoms with Crippen LogP contribution in [-0.4, -0.2) is 16.8 Å². The number of hydrogen-bond donors (Lipinski definition) is 2. The van der Waals surface area contributed by atoms with Crippen molar-refractivity contribution in [2.24, 2.45) is 4.99 Å². The van der Waals surface area contributed by atoms with E-state index in [0.717, 1.165) is 11.1 Å². The SMILES string of the molecule is C=C(/C=C(/Br)N=CC)Cn1ccc2c(NC(=O)Nc3cc(C(F)(F)F)ccc3F)cccc21. The maximum Gasteiger partial charge on any atom is 0.416 e. The molecule has 0 bridgehead atoms. The molecule has 0 saturated heterocycles. The molecule has 0 aliphatic carbocycles. The first kappa shape index (κ1) is 24.2. The summed E-state index contributed by atoms with van der Waals surface area (Å²) in [7, 11) is 0. The number of urea groups is 1. The zero-order valence-electron chi connectivity index (χ0n) is 17.4. The molecule has 2 amide bonds. The standard InChI is InChI=1S/C23H19BrF4N4O/c1-3-29-21(24)11-14(2)13-32-10-9-16-18(5-4-6-20(16)32)30-22(33)31-19-12-15(23(26,27)28)7-8-17(19)25/h3-12H,2,13H2,1H3,(H2,30,31,33)/b21-11-,29-3?. The van der Waals surface area contributed by atoms with Crippen LogP contribution in [0.4, 0.5) is 33.7 Å². The topological polar surface area (TPSA) is 58.4 Å². The molecular weight excluding hydrogens is 504 g/mol. The van der Waals surface area contributed by atoms with Gasteiger partial charge in [-0.05, 0) is 70.9 Å². The van der Waals surface area contributed by atoms with Crippen LogP contribution in [0.25, 0.3) is 10.9 Å². The van der Waals surface area contributed by atoms with Crippen LogP contribution in [0.2, 0.25) is 0 Å². The van der Waals surface area contributed by atoms with Gasteiger partial charge in [0.1, 0.15) is 10.4 Å². The van der Waals surface area contributed by atoms with Gasteiger partial charge in [-0.25, -0.2) is 9.18 Å². The number of hydrogen-bond acceptors (Lipinski definition) is 2. The van der Waals surface area contributed by atoms with Crippen molar-refractivity contribution in [3.63, 3.8) is 0 Å². The smallest absolute Gasteiger partial charge is 0.343 e. The molecule has 2 aromatic carbocycles. The molecule has 5 nitrogen and oxygen atoms in total. The number of rotatable bonds is 6. The first-order chi connectivity index (χ1) is 15.6. The lowest BCUT2D eigenvalue weighted by molar-refractivity contribution is -0.137. The van der Waals surface area contributed by atoms with E-state index in [1.807, 2.05) is 16.8 Å². The molecule has 0 unspecified atom stereocenters. The van der Waals surface area contributed by atoms with Gasteiger partial charge in [0.05, 0.1) is 22.5 Å². The molecule has 0 fully saturated rings. The van der Waals surface area contributed by atoms with Crippen LogP contribution < -0.4 is 10.6 Å². The Morgan fingerprint density at radius 3 is 2.61 bits per heavy atom. The van der Waals surface area contributed by atoms with Crippen molar-refractivity contribution in [2.45, 2.75) is 19.6 Å². The summed E-state index contributed by atoms with van der Waals surface area (Å²) in [5.74, 6) is -0.979. The van der Waals surface area contributed by atoms with Crippen molar-refractivity contribution in [3.8, 4) is 0 Å². The highest BCUT2D eigenvalue weighted by Crippen LogP contribution is 2.32. The second-order valence-corrected chi connectivity index (χ2v) is 7.78. The Balaban J connectivity index is 1.79. The van der Waals surface area contributed by atoms with Gasteiger partial charge in [-0.15, -0.1) is 0 Å². The van der Waals surface area contributed by atoms with E-state index in [-0.39, 0.29) is 0 Å². The summed E-state index contributed by atoms with van der Waals surface area (Å²) in [6.07, 6.45) is 0.584. The number of aliphatic imine (C=N–C) groups is 1. The van der Waals surface area contributed by atoms with Gasteiger partial charge in [0.15, 0.2) is 0 Å². The number of carbonyl (C=O) groups excluding carboxylic acids is 1. The van der Waals surface area contributed by atoms with Gasteiger partial charge < -0.3 is 15.2 Å². The molecule has 0 aliphatic heterocycles. The molecule has 10 heteroatoms. The minimum absolute atomic E-state index is 0.411. The average Bonchev–Trinajstić information content (AvgIpc) is 3.12. The second-order valence-electron chi connectivity index (χ2n) is 6.97. The summed E-state index contributed by atoms with van der Waals surface area (Å²) in [6, 6.07) is 7.93. The highest BCUT2D eigenvalue weighted by Gasteiger charge is 2.31. The van der Waals surface area contributed by atoms with E-state index >= 15 is 0 Å². The van der Waals surface area contributed by atoms with E-state index in [1.165, 1.54) is 0 Å². The number of allylic oxidation sites excluding steroid dienone is 2. The van der Waals surface area contributed by atoms with Gasteiger partial charge in [-0.3, -0.25) is 4.99 Å². The molecule has 2 N–H and O–H groups in total. The van der Waals surface area contributed by atoms with Crippen molar-refractivity contribution < 1.29 is 22.4 Å². The van der Waals surface area contributed by atoms with Gasteiger partial charge in [0.2, 0.25) is 0 Å². The number of anilines is 2. The summed E-state index contributed by atoms with van der Waals surface area (Å²) < 4.78 is 55.1. The maximum absolute atomic E-state index is 13.9. The van der Waals surface area contributed by atoms with Crippen LogP contribution >= 0.6 is 15.9 Å². The zero-order chi connectivity index (χ0) is 24.2. The second kappa shape index (κ2) is 10.0. The van der Waals surface area contributed by atoms with Crippen molar-refractivity contribution in [3.05, 3.63) is 82.9 Å². The third kappa shape index (κ3) is 6.10. The molecule has 3 aromatic rings. The highest BCUT2D eigenvalue weighted by atomic mass is 79.9. The average molecular weight is 523 g/mol. The fourth-order valence-corrected chi connectivity index (χ4v) is 3.67. The van der Waals surface area contributed by atoms with E-state index in [1.54, 1.807) is 37.4 Å². The molecule has 33 heavy (non-hydrogen) atoms. The Bertz CT molecular complexity index is 1260. The van der Waals surface area contributed by atoms with Crippen molar-refractivity contribution in [1.82, 2.24) is 4.57 Å². The number of carbonyl (C=O) groups is 1. The third-order valence-corrected chi connectivity index (χ3v) is 4.99. The molecule has 1 heterocycles. The van der Waals surface area contributed by atoms with Gasteiger partial charge in [-0.2, -0.15) is 13.2 Å². The number of nitrogens with zero attached hydrogens (tertiary/aromatic N) is 2. The van der Waals surface area contributed by atoms with Gasteiger partial charge in [0, 0.05) is 24.3 Å². The first-order valence-electron chi connectivity index (χ1n) is 9.64.